The molecular weight excluding hydrogens is 304 g/mol. The first-order valence-electron chi connectivity index (χ1n) is 6.85. The molecule has 1 fully saturated rings. The van der Waals surface area contributed by atoms with Crippen molar-refractivity contribution in [2.75, 3.05) is 16.9 Å². The summed E-state index contributed by atoms with van der Waals surface area (Å²) in [5.41, 5.74) is 0.742. The normalized spacial score (nSPS) is 17.4. The van der Waals surface area contributed by atoms with Crippen LogP contribution in [0.5, 0.6) is 5.75 Å². The summed E-state index contributed by atoms with van der Waals surface area (Å²) in [7, 11) is 0. The fourth-order valence-corrected chi connectivity index (χ4v) is 2.92. The number of carbonyl (C=O) groups is 1. The van der Waals surface area contributed by atoms with E-state index in [1.54, 1.807) is 43.0 Å². The number of rotatable bonds is 5. The molecule has 1 unspecified atom stereocenters. The number of aryl methyl sites for hydroxylation is 1. The van der Waals surface area contributed by atoms with Crippen molar-refractivity contribution in [3.63, 3.8) is 0 Å². The number of hydrogen-bond donors (Lipinski definition) is 2. The zero-order valence-corrected chi connectivity index (χ0v) is 12.9. The molecule has 3 rings (SSSR count). The van der Waals surface area contributed by atoms with Gasteiger partial charge in [-0.1, -0.05) is 5.16 Å². The van der Waals surface area contributed by atoms with E-state index in [1.807, 2.05) is 0 Å². The van der Waals surface area contributed by atoms with Crippen molar-refractivity contribution in [1.29, 1.82) is 0 Å². The summed E-state index contributed by atoms with van der Waals surface area (Å²) in [6, 6.07) is 7.06. The summed E-state index contributed by atoms with van der Waals surface area (Å²) in [4.78, 5) is 16.0. The summed E-state index contributed by atoms with van der Waals surface area (Å²) in [5, 5.41) is 9.76. The third-order valence-electron chi connectivity index (χ3n) is 3.09. The number of thioether (sulfide) groups is 1. The van der Waals surface area contributed by atoms with Crippen LogP contribution in [0.25, 0.3) is 0 Å². The third-order valence-corrected chi connectivity index (χ3v) is 4.03. The fraction of sp³-hybridized carbons (Fsp3) is 0.357. The molecule has 1 aliphatic heterocycles. The lowest BCUT2D eigenvalue weighted by Crippen LogP contribution is -2.37. The molecule has 1 saturated heterocycles. The lowest BCUT2D eigenvalue weighted by molar-refractivity contribution is -0.117. The maximum atomic E-state index is 12.0. The summed E-state index contributed by atoms with van der Waals surface area (Å²) < 4.78 is 10.4. The molecule has 2 N–H and O–H groups in total. The Hall–Kier alpha value is -2.06. The predicted octanol–water partition coefficient (Wildman–Crippen LogP) is 1.56. The molecule has 1 aromatic carbocycles. The molecule has 7 nitrogen and oxygen atoms in total. The lowest BCUT2D eigenvalue weighted by Gasteiger charge is -2.11. The molecule has 1 aromatic heterocycles. The number of ether oxygens (including phenoxy) is 1. The number of amides is 1. The van der Waals surface area contributed by atoms with E-state index >= 15 is 0 Å². The van der Waals surface area contributed by atoms with E-state index in [9.17, 15) is 4.79 Å². The Bertz CT molecular complexity index is 638. The largest absolute Gasteiger partial charge is 0.485 e. The first-order valence-corrected chi connectivity index (χ1v) is 8.00. The van der Waals surface area contributed by atoms with E-state index in [2.05, 4.69) is 20.8 Å². The van der Waals surface area contributed by atoms with Gasteiger partial charge in [0.25, 0.3) is 0 Å². The Morgan fingerprint density at radius 1 is 1.50 bits per heavy atom. The van der Waals surface area contributed by atoms with E-state index in [0.29, 0.717) is 17.5 Å². The first kappa shape index (κ1) is 14.9. The Kier molecular flexibility index (Phi) is 4.59. The monoisotopic (exact) mass is 320 g/mol. The van der Waals surface area contributed by atoms with Gasteiger partial charge in [-0.05, 0) is 24.3 Å². The number of carbonyl (C=O) groups excluding carboxylic acids is 1. The average molecular weight is 320 g/mol. The summed E-state index contributed by atoms with van der Waals surface area (Å²) in [6.45, 7) is 1.97. The second-order valence-corrected chi connectivity index (χ2v) is 5.83. The van der Waals surface area contributed by atoms with Crippen LogP contribution in [0.3, 0.4) is 0 Å². The highest BCUT2D eigenvalue weighted by Gasteiger charge is 2.22. The highest BCUT2D eigenvalue weighted by molar-refractivity contribution is 7.99. The number of nitrogens with zero attached hydrogens (tertiary/aromatic N) is 2. The number of hydrogen-bond acceptors (Lipinski definition) is 7. The van der Waals surface area contributed by atoms with Crippen molar-refractivity contribution in [2.24, 2.45) is 0 Å². The average Bonchev–Trinajstić information content (AvgIpc) is 3.18. The molecule has 116 valence electrons. The van der Waals surface area contributed by atoms with Crippen molar-refractivity contribution in [3.8, 4) is 5.75 Å². The van der Waals surface area contributed by atoms with Crippen molar-refractivity contribution < 1.29 is 14.1 Å². The Morgan fingerprint density at radius 2 is 2.32 bits per heavy atom. The molecule has 1 amide bonds. The van der Waals surface area contributed by atoms with Crippen LogP contribution < -0.4 is 15.4 Å². The van der Waals surface area contributed by atoms with Crippen LogP contribution in [0.15, 0.2) is 28.8 Å². The number of benzene rings is 1. The Balaban J connectivity index is 1.52. The van der Waals surface area contributed by atoms with Gasteiger partial charge in [-0.25, -0.2) is 0 Å². The first-order chi connectivity index (χ1) is 10.7. The van der Waals surface area contributed by atoms with Crippen molar-refractivity contribution in [2.45, 2.75) is 19.6 Å². The SMILES string of the molecule is Cc1nc(COc2ccc(NC(=O)C3CSCN3)cc2)no1. The fourth-order valence-electron chi connectivity index (χ4n) is 1.98. The van der Waals surface area contributed by atoms with Crippen LogP contribution in [-0.4, -0.2) is 33.7 Å². The van der Waals surface area contributed by atoms with E-state index in [0.717, 1.165) is 17.3 Å². The van der Waals surface area contributed by atoms with Gasteiger partial charge in [0.2, 0.25) is 17.6 Å². The minimum Gasteiger partial charge on any atom is -0.485 e. The van der Waals surface area contributed by atoms with Gasteiger partial charge in [0.1, 0.15) is 5.75 Å². The van der Waals surface area contributed by atoms with Gasteiger partial charge in [0, 0.05) is 24.2 Å². The van der Waals surface area contributed by atoms with Crippen LogP contribution >= 0.6 is 11.8 Å². The molecule has 0 radical (unpaired) electrons. The van der Waals surface area contributed by atoms with E-state index in [1.165, 1.54) is 0 Å². The molecule has 8 heteroatoms. The third kappa shape index (κ3) is 3.77. The minimum absolute atomic E-state index is 0.0130. The van der Waals surface area contributed by atoms with Gasteiger partial charge in [-0.2, -0.15) is 4.98 Å². The smallest absolute Gasteiger partial charge is 0.242 e. The maximum Gasteiger partial charge on any atom is 0.242 e. The molecule has 2 aromatic rings. The zero-order chi connectivity index (χ0) is 15.4. The highest BCUT2D eigenvalue weighted by atomic mass is 32.2. The number of anilines is 1. The van der Waals surface area contributed by atoms with Gasteiger partial charge in [-0.15, -0.1) is 11.8 Å². The second-order valence-electron chi connectivity index (χ2n) is 4.80. The van der Waals surface area contributed by atoms with Gasteiger partial charge in [0.15, 0.2) is 6.61 Å². The molecule has 0 saturated carbocycles. The molecule has 22 heavy (non-hydrogen) atoms. The topological polar surface area (TPSA) is 89.3 Å². The summed E-state index contributed by atoms with van der Waals surface area (Å²) in [6.07, 6.45) is 0. The predicted molar refractivity (Wildman–Crippen MR) is 82.7 cm³/mol. The van der Waals surface area contributed by atoms with E-state index in [-0.39, 0.29) is 18.6 Å². The zero-order valence-electron chi connectivity index (χ0n) is 12.0. The molecule has 1 atom stereocenters. The summed E-state index contributed by atoms with van der Waals surface area (Å²) in [5.74, 6) is 3.29. The van der Waals surface area contributed by atoms with Crippen LogP contribution in [-0.2, 0) is 11.4 Å². The van der Waals surface area contributed by atoms with Gasteiger partial charge in [-0.3, -0.25) is 10.1 Å². The molecule has 0 aliphatic carbocycles. The van der Waals surface area contributed by atoms with E-state index in [4.69, 9.17) is 9.26 Å². The van der Waals surface area contributed by atoms with Crippen LogP contribution in [0, 0.1) is 6.92 Å². The quantitative estimate of drug-likeness (QED) is 0.864. The second kappa shape index (κ2) is 6.80. The van der Waals surface area contributed by atoms with Crippen molar-refractivity contribution >= 4 is 23.4 Å². The van der Waals surface area contributed by atoms with Crippen molar-refractivity contribution in [3.05, 3.63) is 36.0 Å². The van der Waals surface area contributed by atoms with Gasteiger partial charge < -0.3 is 14.6 Å². The Labute approximate surface area is 131 Å². The molecule has 0 bridgehead atoms. The molecule has 1 aliphatic rings. The minimum atomic E-state index is -0.123. The Morgan fingerprint density at radius 3 is 2.95 bits per heavy atom. The molecule has 0 spiro atoms. The van der Waals surface area contributed by atoms with Crippen LogP contribution in [0.1, 0.15) is 11.7 Å². The molecular formula is C14H16N4O3S. The number of aromatic nitrogens is 2. The van der Waals surface area contributed by atoms with E-state index < -0.39 is 0 Å². The number of nitrogens with one attached hydrogen (secondary N) is 2. The van der Waals surface area contributed by atoms with Crippen LogP contribution in [0.2, 0.25) is 0 Å². The highest BCUT2D eigenvalue weighted by Crippen LogP contribution is 2.18. The lowest BCUT2D eigenvalue weighted by atomic mass is 10.2. The van der Waals surface area contributed by atoms with Crippen molar-refractivity contribution in [1.82, 2.24) is 15.5 Å². The van der Waals surface area contributed by atoms with Gasteiger partial charge in [0.05, 0.1) is 6.04 Å². The van der Waals surface area contributed by atoms with Crippen LogP contribution in [0.4, 0.5) is 5.69 Å². The van der Waals surface area contributed by atoms with Gasteiger partial charge >= 0.3 is 0 Å². The molecule has 2 heterocycles. The maximum absolute atomic E-state index is 12.0. The summed E-state index contributed by atoms with van der Waals surface area (Å²) >= 11 is 1.72. The standard InChI is InChI=1S/C14H16N4O3S/c1-9-16-13(18-21-9)6-20-11-4-2-10(3-5-11)17-14(19)12-7-22-8-15-12/h2-5,12,15H,6-8H2,1H3,(H,17,19).